The predicted molar refractivity (Wildman–Crippen MR) is 139 cm³/mol. The third-order valence-corrected chi connectivity index (χ3v) is 5.99. The van der Waals surface area contributed by atoms with E-state index in [1.165, 1.54) is 0 Å². The van der Waals surface area contributed by atoms with Crippen molar-refractivity contribution in [3.8, 4) is 28.4 Å². The summed E-state index contributed by atoms with van der Waals surface area (Å²) in [6, 6.07) is 23.2. The van der Waals surface area contributed by atoms with Crippen molar-refractivity contribution in [2.24, 2.45) is 0 Å². The van der Waals surface area contributed by atoms with E-state index in [0.717, 1.165) is 34.5 Å². The van der Waals surface area contributed by atoms with Gasteiger partial charge >= 0.3 is 0 Å². The Kier molecular flexibility index (Phi) is 8.06. The van der Waals surface area contributed by atoms with Crippen molar-refractivity contribution in [1.82, 2.24) is 15.1 Å². The number of hydrogen-bond donors (Lipinski definition) is 1. The molecule has 0 radical (unpaired) electrons. The van der Waals surface area contributed by atoms with Crippen LogP contribution < -0.4 is 14.8 Å². The third kappa shape index (κ3) is 6.22. The zero-order valence-electron chi connectivity index (χ0n) is 19.8. The van der Waals surface area contributed by atoms with Gasteiger partial charge in [-0.3, -0.25) is 4.79 Å². The number of nitrogens with zero attached hydrogens (tertiary/aromatic N) is 2. The Labute approximate surface area is 210 Å². The second-order valence-corrected chi connectivity index (χ2v) is 8.51. The summed E-state index contributed by atoms with van der Waals surface area (Å²) in [5.74, 6) is 1.40. The van der Waals surface area contributed by atoms with Crippen LogP contribution in [-0.4, -0.2) is 36.5 Å². The van der Waals surface area contributed by atoms with Crippen LogP contribution in [0.15, 0.2) is 79.0 Å². The molecule has 0 spiro atoms. The molecule has 0 saturated carbocycles. The Morgan fingerprint density at radius 2 is 1.74 bits per heavy atom. The number of aromatic nitrogens is 2. The number of carbonyl (C=O) groups is 1. The van der Waals surface area contributed by atoms with Gasteiger partial charge < -0.3 is 14.8 Å². The SMILES string of the molecule is COc1ccc(OC)c(-c2nn(-c3ccccc3)cc2CCC(=O)NCCc2ccc(Cl)cc2)c1. The summed E-state index contributed by atoms with van der Waals surface area (Å²) in [7, 11) is 3.26. The molecule has 1 heterocycles. The highest BCUT2D eigenvalue weighted by atomic mass is 35.5. The molecular formula is C28H28ClN3O3. The van der Waals surface area contributed by atoms with Crippen molar-refractivity contribution in [3.63, 3.8) is 0 Å². The van der Waals surface area contributed by atoms with E-state index in [9.17, 15) is 4.79 Å². The number of halogens is 1. The van der Waals surface area contributed by atoms with E-state index in [2.05, 4.69) is 5.32 Å². The van der Waals surface area contributed by atoms with Gasteiger partial charge in [0.25, 0.3) is 0 Å². The minimum absolute atomic E-state index is 0.00465. The van der Waals surface area contributed by atoms with Crippen LogP contribution in [0.3, 0.4) is 0 Å². The maximum atomic E-state index is 12.6. The van der Waals surface area contributed by atoms with Crippen LogP contribution in [0.1, 0.15) is 17.5 Å². The molecule has 4 aromatic rings. The van der Waals surface area contributed by atoms with Crippen LogP contribution in [0.4, 0.5) is 0 Å². The zero-order valence-corrected chi connectivity index (χ0v) is 20.6. The molecule has 0 saturated heterocycles. The molecule has 1 N–H and O–H groups in total. The Bertz CT molecular complexity index is 1270. The topological polar surface area (TPSA) is 65.4 Å². The summed E-state index contributed by atoms with van der Waals surface area (Å²) in [6.07, 6.45) is 3.61. The predicted octanol–water partition coefficient (Wildman–Crippen LogP) is 5.50. The van der Waals surface area contributed by atoms with Gasteiger partial charge in [-0.25, -0.2) is 4.68 Å². The molecule has 3 aromatic carbocycles. The molecule has 6 nitrogen and oxygen atoms in total. The average Bonchev–Trinajstić information content (AvgIpc) is 3.33. The van der Waals surface area contributed by atoms with Gasteiger partial charge in [0.05, 0.1) is 25.6 Å². The number of methoxy groups -OCH3 is 2. The van der Waals surface area contributed by atoms with Crippen molar-refractivity contribution >= 4 is 17.5 Å². The first-order chi connectivity index (χ1) is 17.1. The fraction of sp³-hybridized carbons (Fsp3) is 0.214. The molecule has 0 bridgehead atoms. The zero-order chi connectivity index (χ0) is 24.6. The first-order valence-electron chi connectivity index (χ1n) is 11.4. The highest BCUT2D eigenvalue weighted by Gasteiger charge is 2.18. The van der Waals surface area contributed by atoms with Crippen LogP contribution in [0.2, 0.25) is 5.02 Å². The average molecular weight is 490 g/mol. The lowest BCUT2D eigenvalue weighted by Gasteiger charge is -2.10. The minimum Gasteiger partial charge on any atom is -0.497 e. The van der Waals surface area contributed by atoms with Gasteiger partial charge in [-0.15, -0.1) is 0 Å². The van der Waals surface area contributed by atoms with E-state index < -0.39 is 0 Å². The number of rotatable bonds is 10. The molecule has 0 atom stereocenters. The van der Waals surface area contributed by atoms with Crippen molar-refractivity contribution in [2.45, 2.75) is 19.3 Å². The number of carbonyl (C=O) groups excluding carboxylic acids is 1. The number of para-hydroxylation sites is 1. The Balaban J connectivity index is 1.52. The number of amides is 1. The Hall–Kier alpha value is -3.77. The van der Waals surface area contributed by atoms with E-state index in [0.29, 0.717) is 35.9 Å². The van der Waals surface area contributed by atoms with Crippen LogP contribution in [0.5, 0.6) is 11.5 Å². The largest absolute Gasteiger partial charge is 0.497 e. The van der Waals surface area contributed by atoms with Crippen molar-refractivity contribution in [3.05, 3.63) is 95.1 Å². The normalized spacial score (nSPS) is 10.7. The molecule has 1 amide bonds. The monoisotopic (exact) mass is 489 g/mol. The van der Waals surface area contributed by atoms with Crippen LogP contribution in [0.25, 0.3) is 16.9 Å². The van der Waals surface area contributed by atoms with Crippen molar-refractivity contribution in [1.29, 1.82) is 0 Å². The molecular weight excluding hydrogens is 462 g/mol. The second kappa shape index (κ2) is 11.6. The van der Waals surface area contributed by atoms with Gasteiger partial charge in [0, 0.05) is 29.7 Å². The van der Waals surface area contributed by atoms with E-state index in [4.69, 9.17) is 26.2 Å². The highest BCUT2D eigenvalue weighted by molar-refractivity contribution is 6.30. The number of ether oxygens (including phenoxy) is 2. The molecule has 0 unspecified atom stereocenters. The van der Waals surface area contributed by atoms with E-state index in [1.54, 1.807) is 14.2 Å². The molecule has 0 aliphatic carbocycles. The first-order valence-corrected chi connectivity index (χ1v) is 11.8. The summed E-state index contributed by atoms with van der Waals surface area (Å²) in [5.41, 5.74) is 4.60. The Morgan fingerprint density at radius 1 is 0.971 bits per heavy atom. The summed E-state index contributed by atoms with van der Waals surface area (Å²) >= 11 is 5.94. The standard InChI is InChI=1S/C28H28ClN3O3/c1-34-24-13-14-26(35-2)25(18-24)28-21(19-32(31-28)23-6-4-3-5-7-23)10-15-27(33)30-17-16-20-8-11-22(29)12-9-20/h3-9,11-14,18-19H,10,15-17H2,1-2H3,(H,30,33). The van der Waals surface area contributed by atoms with Crippen LogP contribution in [0, 0.1) is 0 Å². The lowest BCUT2D eigenvalue weighted by atomic mass is 10.0. The molecule has 0 aliphatic rings. The number of hydrogen-bond acceptors (Lipinski definition) is 4. The third-order valence-electron chi connectivity index (χ3n) is 5.74. The highest BCUT2D eigenvalue weighted by Crippen LogP contribution is 2.35. The van der Waals surface area contributed by atoms with Crippen molar-refractivity contribution in [2.75, 3.05) is 20.8 Å². The maximum Gasteiger partial charge on any atom is 0.220 e. The Morgan fingerprint density at radius 3 is 2.46 bits per heavy atom. The molecule has 1 aromatic heterocycles. The molecule has 35 heavy (non-hydrogen) atoms. The van der Waals surface area contributed by atoms with Gasteiger partial charge in [-0.2, -0.15) is 5.10 Å². The molecule has 7 heteroatoms. The fourth-order valence-electron chi connectivity index (χ4n) is 3.87. The fourth-order valence-corrected chi connectivity index (χ4v) is 3.99. The number of aryl methyl sites for hydroxylation is 1. The summed E-state index contributed by atoms with van der Waals surface area (Å²) in [6.45, 7) is 0.570. The number of benzene rings is 3. The van der Waals surface area contributed by atoms with E-state index in [-0.39, 0.29) is 5.91 Å². The first kappa shape index (κ1) is 24.4. The summed E-state index contributed by atoms with van der Waals surface area (Å²) in [4.78, 5) is 12.6. The lowest BCUT2D eigenvalue weighted by molar-refractivity contribution is -0.121. The van der Waals surface area contributed by atoms with Crippen LogP contribution in [-0.2, 0) is 17.6 Å². The van der Waals surface area contributed by atoms with Gasteiger partial charge in [0.2, 0.25) is 5.91 Å². The lowest BCUT2D eigenvalue weighted by Crippen LogP contribution is -2.25. The van der Waals surface area contributed by atoms with Gasteiger partial charge in [-0.1, -0.05) is 41.9 Å². The summed E-state index contributed by atoms with van der Waals surface area (Å²) < 4.78 is 12.9. The minimum atomic E-state index is -0.00465. The van der Waals surface area contributed by atoms with Gasteiger partial charge in [-0.05, 0) is 66.4 Å². The molecule has 0 fully saturated rings. The van der Waals surface area contributed by atoms with Gasteiger partial charge in [0.15, 0.2) is 0 Å². The van der Waals surface area contributed by atoms with Gasteiger partial charge in [0.1, 0.15) is 11.5 Å². The van der Waals surface area contributed by atoms with E-state index in [1.807, 2.05) is 83.7 Å². The second-order valence-electron chi connectivity index (χ2n) is 8.08. The molecule has 0 aliphatic heterocycles. The number of nitrogens with one attached hydrogen (secondary N) is 1. The maximum absolute atomic E-state index is 12.6. The summed E-state index contributed by atoms with van der Waals surface area (Å²) in [5, 5.41) is 8.58. The molecule has 4 rings (SSSR count). The molecule has 180 valence electrons. The smallest absolute Gasteiger partial charge is 0.220 e. The van der Waals surface area contributed by atoms with Crippen LogP contribution >= 0.6 is 11.6 Å². The van der Waals surface area contributed by atoms with Crippen molar-refractivity contribution < 1.29 is 14.3 Å². The van der Waals surface area contributed by atoms with E-state index >= 15 is 0 Å². The quantitative estimate of drug-likeness (QED) is 0.319.